The Labute approximate surface area is 154 Å². The zero-order chi connectivity index (χ0) is 16.8. The van der Waals surface area contributed by atoms with Gasteiger partial charge < -0.3 is 15.3 Å². The van der Waals surface area contributed by atoms with Crippen molar-refractivity contribution in [1.29, 1.82) is 0 Å². The van der Waals surface area contributed by atoms with E-state index in [4.69, 9.17) is 23.8 Å². The minimum Gasteiger partial charge on any atom is -0.356 e. The minimum atomic E-state index is -0.815. The number of nitrogens with zero attached hydrogens (tertiary/aromatic N) is 2. The van der Waals surface area contributed by atoms with E-state index in [2.05, 4.69) is 22.5 Å². The second-order valence-electron chi connectivity index (χ2n) is 5.74. The Morgan fingerprint density at radius 1 is 1.38 bits per heavy atom. The molecule has 4 rings (SSSR count). The number of halogens is 1. The summed E-state index contributed by atoms with van der Waals surface area (Å²) in [5.74, 6) is -0.108. The number of aromatic nitrogens is 1. The van der Waals surface area contributed by atoms with Crippen molar-refractivity contribution in [2.24, 2.45) is 0 Å². The number of thiocarbonyl (C=S) groups is 1. The third-order valence-electron chi connectivity index (χ3n) is 4.23. The number of thiazole rings is 1. The fourth-order valence-corrected chi connectivity index (χ4v) is 4.22. The fraction of sp³-hybridized carbons (Fsp3) is 0.176. The van der Waals surface area contributed by atoms with Crippen LogP contribution in [0.1, 0.15) is 27.6 Å². The van der Waals surface area contributed by atoms with Gasteiger partial charge in [-0.1, -0.05) is 36.0 Å². The molecule has 4 nitrogen and oxygen atoms in total. The highest BCUT2D eigenvalue weighted by Gasteiger charge is 2.32. The highest BCUT2D eigenvalue weighted by Crippen LogP contribution is 2.41. The van der Waals surface area contributed by atoms with E-state index in [-0.39, 0.29) is 5.92 Å². The summed E-state index contributed by atoms with van der Waals surface area (Å²) in [6.45, 7) is 0. The number of rotatable bonds is 1. The highest BCUT2D eigenvalue weighted by atomic mass is 35.5. The molecular formula is C17H14ClN3OS2. The van der Waals surface area contributed by atoms with Gasteiger partial charge in [-0.25, -0.2) is 4.98 Å². The molecule has 1 aromatic heterocycles. The molecule has 2 atom stereocenters. The van der Waals surface area contributed by atoms with Gasteiger partial charge in [-0.15, -0.1) is 11.3 Å². The van der Waals surface area contributed by atoms with Gasteiger partial charge in [-0.05, 0) is 29.3 Å². The van der Waals surface area contributed by atoms with E-state index in [0.29, 0.717) is 10.0 Å². The summed E-state index contributed by atoms with van der Waals surface area (Å²) in [5, 5.41) is 13.6. The van der Waals surface area contributed by atoms with Crippen LogP contribution in [-0.4, -0.2) is 33.4 Å². The summed E-state index contributed by atoms with van der Waals surface area (Å²) >= 11 is 13.3. The number of nitrogens with one attached hydrogen (secondary N) is 1. The van der Waals surface area contributed by atoms with Crippen molar-refractivity contribution in [1.82, 2.24) is 15.2 Å². The Hall–Kier alpha value is -1.73. The molecule has 2 unspecified atom stereocenters. The number of hydrogen-bond donors (Lipinski definition) is 2. The molecule has 24 heavy (non-hydrogen) atoms. The van der Waals surface area contributed by atoms with Crippen molar-refractivity contribution in [2.75, 3.05) is 7.05 Å². The summed E-state index contributed by atoms with van der Waals surface area (Å²) in [4.78, 5) is 7.93. The Bertz CT molecular complexity index is 890. The summed E-state index contributed by atoms with van der Waals surface area (Å²) in [6.07, 6.45) is 5.21. The lowest BCUT2D eigenvalue weighted by Crippen LogP contribution is -2.48. The number of fused-ring (bicyclic) bond motifs is 2. The normalized spacial score (nSPS) is 22.4. The standard InChI is InChI=1S/C17H14ClN3OS2/c1-21-7-12(16(23)20-17(21)22)14-11-4-3-10(18)6-9(11)2-5-13-15(14)19-8-24-13/h2-8,14,17,22H,1H3,(H,20,23). The molecule has 0 radical (unpaired) electrons. The molecule has 2 heterocycles. The third kappa shape index (κ3) is 2.56. The van der Waals surface area contributed by atoms with Gasteiger partial charge in [0.15, 0.2) is 0 Å². The smallest absolute Gasteiger partial charge is 0.205 e. The Kier molecular flexibility index (Phi) is 3.92. The van der Waals surface area contributed by atoms with Crippen LogP contribution in [-0.2, 0) is 0 Å². The van der Waals surface area contributed by atoms with Crippen molar-refractivity contribution in [3.05, 3.63) is 62.2 Å². The maximum Gasteiger partial charge on any atom is 0.205 e. The molecule has 0 fully saturated rings. The van der Waals surface area contributed by atoms with E-state index >= 15 is 0 Å². The van der Waals surface area contributed by atoms with Crippen molar-refractivity contribution >= 4 is 52.3 Å². The van der Waals surface area contributed by atoms with Gasteiger partial charge in [-0.3, -0.25) is 0 Å². The lowest BCUT2D eigenvalue weighted by Gasteiger charge is -2.33. The zero-order valence-electron chi connectivity index (χ0n) is 12.7. The van der Waals surface area contributed by atoms with E-state index in [1.54, 1.807) is 23.3 Å². The van der Waals surface area contributed by atoms with Crippen LogP contribution in [0.2, 0.25) is 5.02 Å². The first-order valence-corrected chi connectivity index (χ1v) is 9.04. The van der Waals surface area contributed by atoms with E-state index in [0.717, 1.165) is 27.3 Å². The zero-order valence-corrected chi connectivity index (χ0v) is 15.1. The van der Waals surface area contributed by atoms with Crippen LogP contribution in [0.5, 0.6) is 0 Å². The molecule has 122 valence electrons. The van der Waals surface area contributed by atoms with Crippen molar-refractivity contribution in [3.8, 4) is 0 Å². The maximum atomic E-state index is 9.95. The van der Waals surface area contributed by atoms with E-state index in [9.17, 15) is 5.11 Å². The molecule has 1 aliphatic carbocycles. The van der Waals surface area contributed by atoms with Gasteiger partial charge in [0.25, 0.3) is 0 Å². The fourth-order valence-electron chi connectivity index (χ4n) is 3.04. The first-order chi connectivity index (χ1) is 11.5. The van der Waals surface area contributed by atoms with Gasteiger partial charge >= 0.3 is 0 Å². The van der Waals surface area contributed by atoms with Crippen molar-refractivity contribution in [3.63, 3.8) is 0 Å². The second kappa shape index (κ2) is 5.97. The molecule has 0 amide bonds. The van der Waals surface area contributed by atoms with Crippen LogP contribution in [0, 0.1) is 0 Å². The van der Waals surface area contributed by atoms with Crippen molar-refractivity contribution < 1.29 is 5.11 Å². The largest absolute Gasteiger partial charge is 0.356 e. The summed E-state index contributed by atoms with van der Waals surface area (Å²) in [5.41, 5.74) is 5.88. The van der Waals surface area contributed by atoms with Gasteiger partial charge in [0.1, 0.15) is 4.99 Å². The number of benzene rings is 1. The van der Waals surface area contributed by atoms with Gasteiger partial charge in [0.2, 0.25) is 6.35 Å². The van der Waals surface area contributed by atoms with Crippen LogP contribution < -0.4 is 5.32 Å². The number of aliphatic hydroxyl groups is 1. The Balaban J connectivity index is 1.94. The lowest BCUT2D eigenvalue weighted by atomic mass is 9.85. The molecule has 2 N–H and O–H groups in total. The molecular weight excluding hydrogens is 362 g/mol. The van der Waals surface area contributed by atoms with Gasteiger partial charge in [0.05, 0.1) is 22.0 Å². The Morgan fingerprint density at radius 3 is 3.04 bits per heavy atom. The molecule has 2 aromatic rings. The summed E-state index contributed by atoms with van der Waals surface area (Å²) in [7, 11) is 1.80. The van der Waals surface area contributed by atoms with Gasteiger partial charge in [0, 0.05) is 23.8 Å². The molecule has 0 saturated heterocycles. The molecule has 7 heteroatoms. The van der Waals surface area contributed by atoms with Gasteiger partial charge in [-0.2, -0.15) is 0 Å². The SMILES string of the molecule is CN1C=C(C2c3ccc(Cl)cc3C=Cc3scnc32)C(=S)NC1O. The lowest BCUT2D eigenvalue weighted by molar-refractivity contribution is 0.0383. The average Bonchev–Trinajstić information content (AvgIpc) is 2.95. The van der Waals surface area contributed by atoms with Crippen LogP contribution >= 0.6 is 35.2 Å². The Morgan fingerprint density at radius 2 is 2.21 bits per heavy atom. The molecule has 1 aromatic carbocycles. The molecule has 0 spiro atoms. The summed E-state index contributed by atoms with van der Waals surface area (Å²) in [6, 6.07) is 5.86. The van der Waals surface area contributed by atoms with Crippen LogP contribution in [0.15, 0.2) is 35.5 Å². The average molecular weight is 376 g/mol. The predicted octanol–water partition coefficient (Wildman–Crippen LogP) is 3.43. The summed E-state index contributed by atoms with van der Waals surface area (Å²) < 4.78 is 0. The van der Waals surface area contributed by atoms with Crippen molar-refractivity contribution in [2.45, 2.75) is 12.3 Å². The second-order valence-corrected chi connectivity index (χ2v) is 7.47. The van der Waals surface area contributed by atoms with E-state index in [1.165, 1.54) is 0 Å². The molecule has 1 aliphatic heterocycles. The number of aliphatic hydroxyl groups excluding tert-OH is 1. The topological polar surface area (TPSA) is 48.4 Å². The monoisotopic (exact) mass is 375 g/mol. The highest BCUT2D eigenvalue weighted by molar-refractivity contribution is 7.80. The van der Waals surface area contributed by atoms with Crippen LogP contribution in [0.4, 0.5) is 0 Å². The molecule has 0 saturated carbocycles. The molecule has 0 bridgehead atoms. The minimum absolute atomic E-state index is 0.108. The quantitative estimate of drug-likeness (QED) is 0.748. The number of hydrogen-bond acceptors (Lipinski definition) is 5. The molecule has 2 aliphatic rings. The first-order valence-electron chi connectivity index (χ1n) is 7.38. The van der Waals surface area contributed by atoms with E-state index in [1.807, 2.05) is 29.9 Å². The van der Waals surface area contributed by atoms with Crippen LogP contribution in [0.3, 0.4) is 0 Å². The van der Waals surface area contributed by atoms with Crippen LogP contribution in [0.25, 0.3) is 12.2 Å². The van der Waals surface area contributed by atoms with E-state index < -0.39 is 6.35 Å². The predicted molar refractivity (Wildman–Crippen MR) is 102 cm³/mol. The maximum absolute atomic E-state index is 9.95. The first kappa shape index (κ1) is 15.8. The third-order valence-corrected chi connectivity index (χ3v) is 5.63.